The van der Waals surface area contributed by atoms with Crippen LogP contribution in [0.25, 0.3) is 0 Å². The molecule has 1 atom stereocenters. The van der Waals surface area contributed by atoms with E-state index in [1.54, 1.807) is 24.3 Å². The van der Waals surface area contributed by atoms with Crippen molar-refractivity contribution in [3.05, 3.63) is 29.8 Å². The summed E-state index contributed by atoms with van der Waals surface area (Å²) in [4.78, 5) is 0. The fourth-order valence-electron chi connectivity index (χ4n) is 2.66. The molecule has 2 rings (SSSR count). The van der Waals surface area contributed by atoms with Gasteiger partial charge in [-0.25, -0.2) is 8.78 Å². The van der Waals surface area contributed by atoms with E-state index in [0.29, 0.717) is 5.69 Å². The molecular weight excluding hydrogens is 208 g/mol. The summed E-state index contributed by atoms with van der Waals surface area (Å²) in [5, 5.41) is 0. The standard InChI is InChI=1S/C13H17F2N/c14-13(15)12(9-3-1-2-4-9)10-5-7-11(16)8-6-10/h5-9,12-13H,1-4,16H2. The third-order valence-corrected chi connectivity index (χ3v) is 3.50. The maximum absolute atomic E-state index is 13.1. The van der Waals surface area contributed by atoms with Gasteiger partial charge in [0.15, 0.2) is 0 Å². The molecule has 0 saturated heterocycles. The van der Waals surface area contributed by atoms with Crippen molar-refractivity contribution in [2.75, 3.05) is 5.73 Å². The Bertz CT molecular complexity index is 328. The molecule has 1 fully saturated rings. The van der Waals surface area contributed by atoms with Crippen molar-refractivity contribution in [3.63, 3.8) is 0 Å². The molecule has 1 nitrogen and oxygen atoms in total. The maximum atomic E-state index is 13.1. The molecule has 0 radical (unpaired) electrons. The average Bonchev–Trinajstić information content (AvgIpc) is 2.74. The molecule has 3 heteroatoms. The zero-order chi connectivity index (χ0) is 11.5. The normalized spacial score (nSPS) is 19.2. The molecule has 0 heterocycles. The van der Waals surface area contributed by atoms with Crippen LogP contribution < -0.4 is 5.73 Å². The Morgan fingerprint density at radius 3 is 2.12 bits per heavy atom. The van der Waals surface area contributed by atoms with Crippen molar-refractivity contribution >= 4 is 5.69 Å². The minimum atomic E-state index is -2.27. The highest BCUT2D eigenvalue weighted by molar-refractivity contribution is 5.40. The second-order valence-electron chi connectivity index (χ2n) is 4.57. The third kappa shape index (κ3) is 2.34. The van der Waals surface area contributed by atoms with Crippen LogP contribution in [0.5, 0.6) is 0 Å². The lowest BCUT2D eigenvalue weighted by Crippen LogP contribution is -2.17. The number of anilines is 1. The van der Waals surface area contributed by atoms with Crippen molar-refractivity contribution in [2.45, 2.75) is 38.0 Å². The predicted molar refractivity (Wildman–Crippen MR) is 61.6 cm³/mol. The molecule has 1 aromatic carbocycles. The molecule has 1 aliphatic carbocycles. The van der Waals surface area contributed by atoms with Crippen LogP contribution in [0.3, 0.4) is 0 Å². The monoisotopic (exact) mass is 225 g/mol. The second kappa shape index (κ2) is 4.81. The van der Waals surface area contributed by atoms with E-state index in [1.165, 1.54) is 0 Å². The SMILES string of the molecule is Nc1ccc(C(C(F)F)C2CCCC2)cc1. The summed E-state index contributed by atoms with van der Waals surface area (Å²) in [7, 11) is 0. The van der Waals surface area contributed by atoms with E-state index in [9.17, 15) is 8.78 Å². The van der Waals surface area contributed by atoms with Gasteiger partial charge in [0.25, 0.3) is 0 Å². The van der Waals surface area contributed by atoms with Gasteiger partial charge in [0.2, 0.25) is 6.43 Å². The number of nitrogen functional groups attached to an aromatic ring is 1. The zero-order valence-electron chi connectivity index (χ0n) is 9.20. The van der Waals surface area contributed by atoms with Gasteiger partial charge in [-0.05, 0) is 36.5 Å². The Morgan fingerprint density at radius 1 is 1.06 bits per heavy atom. The van der Waals surface area contributed by atoms with Crippen LogP contribution >= 0.6 is 0 Å². The van der Waals surface area contributed by atoms with Crippen molar-refractivity contribution in [2.24, 2.45) is 5.92 Å². The maximum Gasteiger partial charge on any atom is 0.245 e. The molecule has 88 valence electrons. The van der Waals surface area contributed by atoms with Crippen LogP contribution in [0, 0.1) is 5.92 Å². The van der Waals surface area contributed by atoms with Gasteiger partial charge < -0.3 is 5.73 Å². The van der Waals surface area contributed by atoms with Crippen molar-refractivity contribution in [1.82, 2.24) is 0 Å². The van der Waals surface area contributed by atoms with Crippen LogP contribution in [-0.2, 0) is 0 Å². The van der Waals surface area contributed by atoms with Crippen LogP contribution in [0.15, 0.2) is 24.3 Å². The van der Waals surface area contributed by atoms with E-state index in [2.05, 4.69) is 0 Å². The molecule has 1 aromatic rings. The van der Waals surface area contributed by atoms with Gasteiger partial charge in [-0.2, -0.15) is 0 Å². The summed E-state index contributed by atoms with van der Waals surface area (Å²) in [6.07, 6.45) is 1.76. The molecule has 1 unspecified atom stereocenters. The zero-order valence-corrected chi connectivity index (χ0v) is 9.20. The molecule has 1 aliphatic rings. The first-order valence-corrected chi connectivity index (χ1v) is 5.82. The van der Waals surface area contributed by atoms with Crippen LogP contribution in [-0.4, -0.2) is 6.43 Å². The number of nitrogens with two attached hydrogens (primary N) is 1. The van der Waals surface area contributed by atoms with Crippen LogP contribution in [0.4, 0.5) is 14.5 Å². The lowest BCUT2D eigenvalue weighted by Gasteiger charge is -2.23. The highest BCUT2D eigenvalue weighted by Gasteiger charge is 2.32. The third-order valence-electron chi connectivity index (χ3n) is 3.50. The highest BCUT2D eigenvalue weighted by atomic mass is 19.3. The largest absolute Gasteiger partial charge is 0.399 e. The van der Waals surface area contributed by atoms with Gasteiger partial charge in [-0.3, -0.25) is 0 Å². The van der Waals surface area contributed by atoms with Crippen molar-refractivity contribution < 1.29 is 8.78 Å². The topological polar surface area (TPSA) is 26.0 Å². The lowest BCUT2D eigenvalue weighted by molar-refractivity contribution is 0.0868. The van der Waals surface area contributed by atoms with Crippen molar-refractivity contribution in [3.8, 4) is 0 Å². The first-order valence-electron chi connectivity index (χ1n) is 5.82. The Morgan fingerprint density at radius 2 is 1.62 bits per heavy atom. The average molecular weight is 225 g/mol. The fraction of sp³-hybridized carbons (Fsp3) is 0.538. The van der Waals surface area contributed by atoms with E-state index in [-0.39, 0.29) is 5.92 Å². The minimum Gasteiger partial charge on any atom is -0.399 e. The number of halogens is 2. The summed E-state index contributed by atoms with van der Waals surface area (Å²) < 4.78 is 26.2. The van der Waals surface area contributed by atoms with E-state index < -0.39 is 12.3 Å². The second-order valence-corrected chi connectivity index (χ2v) is 4.57. The first-order chi connectivity index (χ1) is 7.68. The Balaban J connectivity index is 2.21. The van der Waals surface area contributed by atoms with E-state index in [0.717, 1.165) is 31.2 Å². The summed E-state index contributed by atoms with van der Waals surface area (Å²) >= 11 is 0. The molecule has 0 bridgehead atoms. The molecule has 0 aliphatic heterocycles. The number of hydrogen-bond acceptors (Lipinski definition) is 1. The molecule has 16 heavy (non-hydrogen) atoms. The van der Waals surface area contributed by atoms with Gasteiger partial charge in [-0.1, -0.05) is 25.0 Å². The van der Waals surface area contributed by atoms with Gasteiger partial charge in [0.05, 0.1) is 0 Å². The first kappa shape index (κ1) is 11.4. The Kier molecular flexibility index (Phi) is 3.42. The molecule has 0 amide bonds. The van der Waals surface area contributed by atoms with Crippen LogP contribution in [0.2, 0.25) is 0 Å². The Hall–Kier alpha value is -1.12. The molecule has 0 spiro atoms. The van der Waals surface area contributed by atoms with E-state index in [1.807, 2.05) is 0 Å². The predicted octanol–water partition coefficient (Wildman–Crippen LogP) is 3.81. The number of benzene rings is 1. The number of hydrogen-bond donors (Lipinski definition) is 1. The van der Waals surface area contributed by atoms with Gasteiger partial charge in [-0.15, -0.1) is 0 Å². The molecule has 0 aromatic heterocycles. The summed E-state index contributed by atoms with van der Waals surface area (Å²) in [5.74, 6) is -0.466. The Labute approximate surface area is 94.7 Å². The number of rotatable bonds is 3. The minimum absolute atomic E-state index is 0.142. The van der Waals surface area contributed by atoms with Crippen LogP contribution in [0.1, 0.15) is 37.2 Å². The van der Waals surface area contributed by atoms with Gasteiger partial charge in [0, 0.05) is 11.6 Å². The van der Waals surface area contributed by atoms with E-state index >= 15 is 0 Å². The summed E-state index contributed by atoms with van der Waals surface area (Å²) in [6.45, 7) is 0. The molecular formula is C13H17F2N. The van der Waals surface area contributed by atoms with Gasteiger partial charge >= 0.3 is 0 Å². The molecule has 2 N–H and O–H groups in total. The highest BCUT2D eigenvalue weighted by Crippen LogP contribution is 2.40. The van der Waals surface area contributed by atoms with Gasteiger partial charge in [0.1, 0.15) is 0 Å². The smallest absolute Gasteiger partial charge is 0.245 e. The van der Waals surface area contributed by atoms with E-state index in [4.69, 9.17) is 5.73 Å². The van der Waals surface area contributed by atoms with Crippen molar-refractivity contribution in [1.29, 1.82) is 0 Å². The summed E-state index contributed by atoms with van der Waals surface area (Å²) in [6, 6.07) is 6.90. The lowest BCUT2D eigenvalue weighted by atomic mass is 9.85. The quantitative estimate of drug-likeness (QED) is 0.778. The number of alkyl halides is 2. The fourth-order valence-corrected chi connectivity index (χ4v) is 2.66. The molecule has 1 saturated carbocycles. The summed E-state index contributed by atoms with van der Waals surface area (Å²) in [5.41, 5.74) is 6.93.